The molecule has 13 nitrogen and oxygen atoms in total. The molecule has 0 atom stereocenters. The van der Waals surface area contributed by atoms with Crippen molar-refractivity contribution < 1.29 is 8.42 Å². The normalized spacial score (nSPS) is 11.5. The molecule has 0 aromatic carbocycles. The van der Waals surface area contributed by atoms with Crippen LogP contribution in [-0.4, -0.2) is 69.3 Å². The average Bonchev–Trinajstić information content (AvgIpc) is 3.95. The molecule has 14 heteroatoms. The van der Waals surface area contributed by atoms with Gasteiger partial charge in [-0.05, 0) is 92.9 Å². The third kappa shape index (κ3) is 7.17. The first kappa shape index (κ1) is 36.1. The summed E-state index contributed by atoms with van der Waals surface area (Å²) in [6, 6.07) is 15.9. The summed E-state index contributed by atoms with van der Waals surface area (Å²) in [7, 11) is -3.33. The van der Waals surface area contributed by atoms with Gasteiger partial charge in [-0.3, -0.25) is 24.6 Å². The second-order valence-corrected chi connectivity index (χ2v) is 15.5. The number of aromatic nitrogens is 11. The number of hydrogen-bond acceptors (Lipinski definition) is 10. The minimum absolute atomic E-state index is 0.0776. The smallest absolute Gasteiger partial charge is 0.192 e. The Balaban J connectivity index is 0.000000158. The summed E-state index contributed by atoms with van der Waals surface area (Å²) in [6.07, 6.45) is 18.7. The summed E-state index contributed by atoms with van der Waals surface area (Å²) in [4.78, 5) is 37.0. The first-order chi connectivity index (χ1) is 27.1. The maximum absolute atomic E-state index is 11.7. The molecule has 0 aliphatic carbocycles. The van der Waals surface area contributed by atoms with Gasteiger partial charge in [0.1, 0.15) is 22.7 Å². The van der Waals surface area contributed by atoms with Crippen molar-refractivity contribution in [1.82, 2.24) is 54.6 Å². The minimum atomic E-state index is -3.33. The van der Waals surface area contributed by atoms with Gasteiger partial charge in [-0.25, -0.2) is 23.4 Å². The number of H-pyrrole nitrogens is 2. The highest BCUT2D eigenvalue weighted by Gasteiger charge is 2.16. The third-order valence-corrected chi connectivity index (χ3v) is 10.6. The van der Waals surface area contributed by atoms with Gasteiger partial charge in [0.05, 0.1) is 11.9 Å². The van der Waals surface area contributed by atoms with Crippen molar-refractivity contribution in [1.29, 1.82) is 0 Å². The van der Waals surface area contributed by atoms with Gasteiger partial charge >= 0.3 is 0 Å². The Labute approximate surface area is 323 Å². The van der Waals surface area contributed by atoms with E-state index in [9.17, 15) is 8.42 Å². The number of sulfone groups is 1. The molecule has 56 heavy (non-hydrogen) atoms. The van der Waals surface area contributed by atoms with Crippen LogP contribution in [0.5, 0.6) is 0 Å². The highest BCUT2D eigenvalue weighted by Crippen LogP contribution is 2.32. The van der Waals surface area contributed by atoms with Crippen LogP contribution in [0.15, 0.2) is 116 Å². The van der Waals surface area contributed by atoms with Gasteiger partial charge in [0, 0.05) is 119 Å². The van der Waals surface area contributed by atoms with E-state index in [2.05, 4.69) is 70.8 Å². The molecule has 2 N–H and O–H groups in total. The lowest BCUT2D eigenvalue weighted by atomic mass is 10.0. The summed E-state index contributed by atoms with van der Waals surface area (Å²) < 4.78 is 25.3. The number of aromatic amines is 2. The van der Waals surface area contributed by atoms with Crippen molar-refractivity contribution in [2.24, 2.45) is 0 Å². The van der Waals surface area contributed by atoms with Crippen molar-refractivity contribution in [2.45, 2.75) is 39.3 Å². The fraction of sp³-hybridized carbons (Fsp3) is 0.143. The van der Waals surface area contributed by atoms with Crippen molar-refractivity contribution in [3.63, 3.8) is 0 Å². The quantitative estimate of drug-likeness (QED) is 0.162. The molecule has 0 bridgehead atoms. The molecule has 0 amide bonds. The average molecular weight is 760 g/mol. The molecule has 0 aliphatic heterocycles. The number of aryl methyl sites for hydroxylation is 4. The monoisotopic (exact) mass is 759 g/mol. The van der Waals surface area contributed by atoms with Crippen LogP contribution in [0.2, 0.25) is 0 Å². The van der Waals surface area contributed by atoms with Crippen LogP contribution in [0.25, 0.3) is 78.4 Å². The zero-order chi connectivity index (χ0) is 39.0. The Hall–Kier alpha value is -6.93. The number of hydrogen-bond donors (Lipinski definition) is 2. The molecule has 9 heterocycles. The van der Waals surface area contributed by atoms with Crippen molar-refractivity contribution >= 4 is 31.9 Å². The van der Waals surface area contributed by atoms with Gasteiger partial charge in [0.15, 0.2) is 14.9 Å². The Kier molecular flexibility index (Phi) is 9.48. The van der Waals surface area contributed by atoms with Crippen LogP contribution in [0, 0.1) is 20.8 Å². The summed E-state index contributed by atoms with van der Waals surface area (Å²) in [5.74, 6) is 0. The van der Waals surface area contributed by atoms with Gasteiger partial charge in [0.25, 0.3) is 0 Å². The van der Waals surface area contributed by atoms with E-state index in [0.717, 1.165) is 102 Å². The maximum atomic E-state index is 11.7. The van der Waals surface area contributed by atoms with Crippen LogP contribution in [0.1, 0.15) is 23.6 Å². The van der Waals surface area contributed by atoms with Gasteiger partial charge in [-0.2, -0.15) is 5.10 Å². The van der Waals surface area contributed by atoms with E-state index < -0.39 is 9.84 Å². The molecule has 0 fully saturated rings. The molecule has 0 saturated carbocycles. The van der Waals surface area contributed by atoms with Crippen LogP contribution in [0.4, 0.5) is 0 Å². The predicted octanol–water partition coefficient (Wildman–Crippen LogP) is 7.98. The number of nitrogens with one attached hydrogen (secondary N) is 2. The van der Waals surface area contributed by atoms with E-state index in [1.165, 1.54) is 5.56 Å². The Bertz CT molecular complexity index is 2990. The lowest BCUT2D eigenvalue weighted by Crippen LogP contribution is -2.01. The van der Waals surface area contributed by atoms with E-state index in [0.29, 0.717) is 0 Å². The molecule has 9 aromatic heterocycles. The highest BCUT2D eigenvalue weighted by molar-refractivity contribution is 7.90. The van der Waals surface area contributed by atoms with Gasteiger partial charge < -0.3 is 9.97 Å². The molecule has 278 valence electrons. The van der Waals surface area contributed by atoms with Gasteiger partial charge in [-0.1, -0.05) is 0 Å². The minimum Gasteiger partial charge on any atom is -0.339 e. The molecule has 0 spiro atoms. The largest absolute Gasteiger partial charge is 0.339 e. The molecular formula is C42H37N11O2S. The Morgan fingerprint density at radius 3 is 1.75 bits per heavy atom. The SMILES string of the molecule is CCn1nc(-c2cnccn2)cc1-c1cnc2[nH]c(-c3cnccc3C)cc2c1.Cc1cc(S(C)(=O)=O)ncc1-c1cnc2[nH]c(-c3cnccc3C)cc2c1. The third-order valence-electron chi connectivity index (χ3n) is 9.58. The van der Waals surface area contributed by atoms with Crippen LogP contribution in [0.3, 0.4) is 0 Å². The second-order valence-electron chi connectivity index (χ2n) is 13.5. The maximum Gasteiger partial charge on any atom is 0.192 e. The molecule has 9 aromatic rings. The van der Waals surface area contributed by atoms with Crippen molar-refractivity contribution in [2.75, 3.05) is 6.26 Å². The lowest BCUT2D eigenvalue weighted by Gasteiger charge is -2.07. The highest BCUT2D eigenvalue weighted by atomic mass is 32.2. The van der Waals surface area contributed by atoms with Crippen LogP contribution in [-0.2, 0) is 16.4 Å². The van der Waals surface area contributed by atoms with E-state index >= 15 is 0 Å². The summed E-state index contributed by atoms with van der Waals surface area (Å²) in [5.41, 5.74) is 14.2. The summed E-state index contributed by atoms with van der Waals surface area (Å²) in [6.45, 7) is 8.82. The van der Waals surface area contributed by atoms with Crippen molar-refractivity contribution in [3.05, 3.63) is 127 Å². The topological polar surface area (TPSA) is 174 Å². The number of fused-ring (bicyclic) bond motifs is 2. The van der Waals surface area contributed by atoms with E-state index in [1.54, 1.807) is 49.4 Å². The van der Waals surface area contributed by atoms with Crippen LogP contribution >= 0.6 is 0 Å². The molecule has 0 radical (unpaired) electrons. The lowest BCUT2D eigenvalue weighted by molar-refractivity contribution is 0.598. The van der Waals surface area contributed by atoms with E-state index in [-0.39, 0.29) is 5.03 Å². The second kappa shape index (κ2) is 14.7. The number of pyridine rings is 5. The Morgan fingerprint density at radius 1 is 0.589 bits per heavy atom. The van der Waals surface area contributed by atoms with Crippen LogP contribution < -0.4 is 0 Å². The summed E-state index contributed by atoms with van der Waals surface area (Å²) in [5, 5.41) is 6.78. The van der Waals surface area contributed by atoms with Crippen molar-refractivity contribution in [3.8, 4) is 56.3 Å². The number of rotatable bonds is 7. The first-order valence-corrected chi connectivity index (χ1v) is 19.8. The fourth-order valence-electron chi connectivity index (χ4n) is 6.58. The van der Waals surface area contributed by atoms with Gasteiger partial charge in [-0.15, -0.1) is 0 Å². The predicted molar refractivity (Wildman–Crippen MR) is 217 cm³/mol. The number of nitrogens with zero attached hydrogens (tertiary/aromatic N) is 9. The standard InChI is InChI=1S/C22H19N7.C20H18N4O2S/c1-3-29-21(10-19(28-29)20-13-24-6-7-25-20)16-8-15-9-18(27-22(15)26-11-16)17-12-23-5-4-14(17)2;1-12-4-5-21-10-17(12)18-8-14-7-15(9-23-20(14)24-18)16-11-22-19(6-13(16)2)27(3,25)26/h4-13H,3H2,1-2H3,(H,26,27);4-11H,1-3H3,(H,23,24). The Morgan fingerprint density at radius 2 is 1.20 bits per heavy atom. The first-order valence-electron chi connectivity index (χ1n) is 17.9. The van der Waals surface area contributed by atoms with E-state index in [1.807, 2.05) is 67.5 Å². The molecule has 0 unspecified atom stereocenters. The zero-order valence-corrected chi connectivity index (χ0v) is 32.2. The summed E-state index contributed by atoms with van der Waals surface area (Å²) >= 11 is 0. The zero-order valence-electron chi connectivity index (χ0n) is 31.3. The van der Waals surface area contributed by atoms with Gasteiger partial charge in [0.2, 0.25) is 0 Å². The molecular weight excluding hydrogens is 723 g/mol. The van der Waals surface area contributed by atoms with E-state index in [4.69, 9.17) is 5.10 Å². The molecule has 9 rings (SSSR count). The molecule has 0 aliphatic rings. The molecule has 0 saturated heterocycles. The fourth-order valence-corrected chi connectivity index (χ4v) is 7.22.